The van der Waals surface area contributed by atoms with Crippen LogP contribution in [0, 0.1) is 5.82 Å². The van der Waals surface area contributed by atoms with Crippen LogP contribution in [0.1, 0.15) is 25.3 Å². The van der Waals surface area contributed by atoms with E-state index in [0.29, 0.717) is 13.2 Å². The third kappa shape index (κ3) is 6.05. The van der Waals surface area contributed by atoms with Crippen LogP contribution < -0.4 is 10.1 Å². The molecule has 138 valence electrons. The number of guanidine groups is 1. The molecule has 5 nitrogen and oxygen atoms in total. The summed E-state index contributed by atoms with van der Waals surface area (Å²) in [4.78, 5) is 6.69. The second-order valence-electron chi connectivity index (χ2n) is 6.00. The Labute approximate surface area is 149 Å². The van der Waals surface area contributed by atoms with Gasteiger partial charge in [0.2, 0.25) is 0 Å². The molecule has 1 aliphatic heterocycles. The van der Waals surface area contributed by atoms with E-state index in [1.165, 1.54) is 18.7 Å². The minimum absolute atomic E-state index is 0.261. The number of methoxy groups -OCH3 is 1. The molecule has 1 N–H and O–H groups in total. The zero-order valence-corrected chi connectivity index (χ0v) is 15.3. The van der Waals surface area contributed by atoms with Gasteiger partial charge >= 0.3 is 0 Å². The second-order valence-corrected chi connectivity index (χ2v) is 6.00. The second kappa shape index (κ2) is 10.0. The Hall–Kier alpha value is -2.08. The van der Waals surface area contributed by atoms with E-state index in [-0.39, 0.29) is 11.6 Å². The Balaban J connectivity index is 1.96. The molecule has 1 aliphatic rings. The van der Waals surface area contributed by atoms with Crippen LogP contribution in [-0.4, -0.2) is 51.3 Å². The maximum atomic E-state index is 13.9. The number of benzene rings is 1. The summed E-state index contributed by atoms with van der Waals surface area (Å²) in [6.07, 6.45) is 4.09. The standard InChI is InChI=1S/C19H28FN3O2/c1-4-21-19(22-10-7-15-8-11-25-12-9-15)23(2)14-16-5-6-18(24-3)17(20)13-16/h5-6,8,13H,4,7,9-12,14H2,1-3H3,(H,21,22). The zero-order chi connectivity index (χ0) is 18.1. The van der Waals surface area contributed by atoms with Crippen LogP contribution in [0.3, 0.4) is 0 Å². The van der Waals surface area contributed by atoms with E-state index in [0.717, 1.165) is 44.1 Å². The molecule has 1 heterocycles. The quantitative estimate of drug-likeness (QED) is 0.467. The van der Waals surface area contributed by atoms with Crippen molar-refractivity contribution >= 4 is 5.96 Å². The Morgan fingerprint density at radius 2 is 2.28 bits per heavy atom. The van der Waals surface area contributed by atoms with Gasteiger partial charge in [0.1, 0.15) is 0 Å². The topological polar surface area (TPSA) is 46.1 Å². The lowest BCUT2D eigenvalue weighted by molar-refractivity contribution is 0.153. The van der Waals surface area contributed by atoms with Crippen molar-refractivity contribution in [3.05, 3.63) is 41.2 Å². The molecule has 0 fully saturated rings. The monoisotopic (exact) mass is 349 g/mol. The van der Waals surface area contributed by atoms with E-state index < -0.39 is 0 Å². The molecule has 0 spiro atoms. The van der Waals surface area contributed by atoms with Crippen LogP contribution in [0.2, 0.25) is 0 Å². The van der Waals surface area contributed by atoms with E-state index in [9.17, 15) is 4.39 Å². The van der Waals surface area contributed by atoms with E-state index in [1.807, 2.05) is 24.9 Å². The van der Waals surface area contributed by atoms with Crippen molar-refractivity contribution in [3.8, 4) is 5.75 Å². The first-order valence-electron chi connectivity index (χ1n) is 8.71. The van der Waals surface area contributed by atoms with Gasteiger partial charge in [-0.25, -0.2) is 4.39 Å². The maximum Gasteiger partial charge on any atom is 0.193 e. The fourth-order valence-corrected chi connectivity index (χ4v) is 2.72. The smallest absolute Gasteiger partial charge is 0.193 e. The number of rotatable bonds is 7. The molecular weight excluding hydrogens is 321 g/mol. The summed E-state index contributed by atoms with van der Waals surface area (Å²) < 4.78 is 24.1. The van der Waals surface area contributed by atoms with Crippen molar-refractivity contribution in [2.24, 2.45) is 4.99 Å². The third-order valence-corrected chi connectivity index (χ3v) is 4.08. The lowest BCUT2D eigenvalue weighted by Crippen LogP contribution is -2.38. The van der Waals surface area contributed by atoms with Gasteiger partial charge in [0, 0.05) is 26.7 Å². The third-order valence-electron chi connectivity index (χ3n) is 4.08. The number of aliphatic imine (C=N–C) groups is 1. The summed E-state index contributed by atoms with van der Waals surface area (Å²) in [6, 6.07) is 5.03. The minimum atomic E-state index is -0.346. The fourth-order valence-electron chi connectivity index (χ4n) is 2.72. The van der Waals surface area contributed by atoms with Crippen molar-refractivity contribution in [2.75, 3.05) is 40.5 Å². The van der Waals surface area contributed by atoms with Gasteiger partial charge in [-0.05, 0) is 37.5 Å². The highest BCUT2D eigenvalue weighted by molar-refractivity contribution is 5.79. The normalized spacial score (nSPS) is 14.9. The lowest BCUT2D eigenvalue weighted by atomic mass is 10.1. The highest BCUT2D eigenvalue weighted by atomic mass is 19.1. The highest BCUT2D eigenvalue weighted by Gasteiger charge is 2.10. The molecule has 2 rings (SSSR count). The highest BCUT2D eigenvalue weighted by Crippen LogP contribution is 2.18. The van der Waals surface area contributed by atoms with Gasteiger partial charge in [0.25, 0.3) is 0 Å². The number of hydrogen-bond donors (Lipinski definition) is 1. The molecule has 0 aliphatic carbocycles. The van der Waals surface area contributed by atoms with Gasteiger partial charge in [-0.3, -0.25) is 4.99 Å². The molecule has 0 saturated heterocycles. The van der Waals surface area contributed by atoms with Gasteiger partial charge in [-0.15, -0.1) is 0 Å². The maximum absolute atomic E-state index is 13.9. The van der Waals surface area contributed by atoms with Gasteiger partial charge in [0.05, 0.1) is 20.3 Å². The SMILES string of the molecule is CCNC(=NCCC1=CCOCC1)N(C)Cc1ccc(OC)c(F)c1. The molecule has 0 atom stereocenters. The van der Waals surface area contributed by atoms with Gasteiger partial charge in [-0.2, -0.15) is 0 Å². The number of halogens is 1. The summed E-state index contributed by atoms with van der Waals surface area (Å²) in [7, 11) is 3.42. The molecule has 0 amide bonds. The van der Waals surface area contributed by atoms with Crippen LogP contribution in [-0.2, 0) is 11.3 Å². The van der Waals surface area contributed by atoms with E-state index in [2.05, 4.69) is 11.4 Å². The largest absolute Gasteiger partial charge is 0.494 e. The first-order chi connectivity index (χ1) is 12.1. The average molecular weight is 349 g/mol. The molecular formula is C19H28FN3O2. The summed E-state index contributed by atoms with van der Waals surface area (Å²) in [5.74, 6) is 0.741. The molecule has 6 heteroatoms. The predicted molar refractivity (Wildman–Crippen MR) is 98.5 cm³/mol. The van der Waals surface area contributed by atoms with Gasteiger partial charge in [0.15, 0.2) is 17.5 Å². The minimum Gasteiger partial charge on any atom is -0.494 e. The van der Waals surface area contributed by atoms with Crippen molar-refractivity contribution < 1.29 is 13.9 Å². The van der Waals surface area contributed by atoms with E-state index >= 15 is 0 Å². The molecule has 1 aromatic rings. The Morgan fingerprint density at radius 3 is 2.92 bits per heavy atom. The Bertz CT molecular complexity index is 617. The lowest BCUT2D eigenvalue weighted by Gasteiger charge is -2.22. The Kier molecular flexibility index (Phi) is 7.73. The van der Waals surface area contributed by atoms with Crippen molar-refractivity contribution in [2.45, 2.75) is 26.3 Å². The van der Waals surface area contributed by atoms with Crippen molar-refractivity contribution in [1.82, 2.24) is 10.2 Å². The molecule has 0 aromatic heterocycles. The Morgan fingerprint density at radius 1 is 1.44 bits per heavy atom. The number of ether oxygens (including phenoxy) is 2. The van der Waals surface area contributed by atoms with Crippen molar-refractivity contribution in [1.29, 1.82) is 0 Å². The van der Waals surface area contributed by atoms with Crippen LogP contribution in [0.4, 0.5) is 4.39 Å². The zero-order valence-electron chi connectivity index (χ0n) is 15.3. The van der Waals surface area contributed by atoms with Crippen LogP contribution in [0.5, 0.6) is 5.75 Å². The van der Waals surface area contributed by atoms with E-state index in [1.54, 1.807) is 6.07 Å². The molecule has 0 radical (unpaired) electrons. The summed E-state index contributed by atoms with van der Waals surface area (Å²) in [5, 5.41) is 3.29. The molecule has 1 aromatic carbocycles. The summed E-state index contributed by atoms with van der Waals surface area (Å²) in [5.41, 5.74) is 2.28. The summed E-state index contributed by atoms with van der Waals surface area (Å²) >= 11 is 0. The predicted octanol–water partition coefficient (Wildman–Crippen LogP) is 2.97. The van der Waals surface area contributed by atoms with Gasteiger partial charge < -0.3 is 19.7 Å². The molecule has 25 heavy (non-hydrogen) atoms. The van der Waals surface area contributed by atoms with E-state index in [4.69, 9.17) is 14.5 Å². The molecule has 0 unspecified atom stereocenters. The average Bonchev–Trinajstić information content (AvgIpc) is 2.62. The fraction of sp³-hybridized carbons (Fsp3) is 0.526. The number of hydrogen-bond acceptors (Lipinski definition) is 3. The summed E-state index contributed by atoms with van der Waals surface area (Å²) in [6.45, 7) is 5.65. The first-order valence-corrected chi connectivity index (χ1v) is 8.71. The molecule has 0 saturated carbocycles. The van der Waals surface area contributed by atoms with Crippen LogP contribution >= 0.6 is 0 Å². The first kappa shape index (κ1) is 19.2. The van der Waals surface area contributed by atoms with Crippen LogP contribution in [0.15, 0.2) is 34.8 Å². The van der Waals surface area contributed by atoms with Gasteiger partial charge in [-0.1, -0.05) is 17.7 Å². The number of nitrogens with zero attached hydrogens (tertiary/aromatic N) is 2. The van der Waals surface area contributed by atoms with Crippen LogP contribution in [0.25, 0.3) is 0 Å². The molecule has 0 bridgehead atoms. The van der Waals surface area contributed by atoms with Crippen molar-refractivity contribution in [3.63, 3.8) is 0 Å². The number of nitrogens with one attached hydrogen (secondary N) is 1.